The molecule has 1 heterocycles. The molecule has 1 N–H and O–H groups in total. The molecule has 0 bridgehead atoms. The SMILES string of the molecule is COc1ccc(C)cc1C(C)NC(=O)Cc1sc(C)nc1-c1ccc(C)cc1. The van der Waals surface area contributed by atoms with E-state index in [4.69, 9.17) is 4.74 Å². The van der Waals surface area contributed by atoms with Crippen molar-refractivity contribution in [2.45, 2.75) is 40.2 Å². The van der Waals surface area contributed by atoms with E-state index in [-0.39, 0.29) is 11.9 Å². The molecule has 0 saturated carbocycles. The van der Waals surface area contributed by atoms with Crippen molar-refractivity contribution in [3.05, 3.63) is 69.0 Å². The first-order valence-electron chi connectivity index (χ1n) is 9.34. The van der Waals surface area contributed by atoms with E-state index < -0.39 is 0 Å². The van der Waals surface area contributed by atoms with Crippen LogP contribution in [0.1, 0.15) is 39.5 Å². The summed E-state index contributed by atoms with van der Waals surface area (Å²) in [4.78, 5) is 18.4. The maximum absolute atomic E-state index is 12.8. The van der Waals surface area contributed by atoms with Gasteiger partial charge in [0.1, 0.15) is 5.75 Å². The summed E-state index contributed by atoms with van der Waals surface area (Å²) < 4.78 is 5.45. The van der Waals surface area contributed by atoms with Crippen LogP contribution in [-0.2, 0) is 11.2 Å². The lowest BCUT2D eigenvalue weighted by atomic mass is 10.0. The minimum atomic E-state index is -0.140. The number of rotatable bonds is 6. The topological polar surface area (TPSA) is 51.2 Å². The Kier molecular flexibility index (Phi) is 6.15. The van der Waals surface area contributed by atoms with Crippen LogP contribution in [-0.4, -0.2) is 18.0 Å². The Hall–Kier alpha value is -2.66. The largest absolute Gasteiger partial charge is 0.496 e. The fourth-order valence-corrected chi connectivity index (χ4v) is 4.19. The Labute approximate surface area is 170 Å². The number of benzene rings is 2. The van der Waals surface area contributed by atoms with Gasteiger partial charge in [-0.2, -0.15) is 0 Å². The van der Waals surface area contributed by atoms with Gasteiger partial charge in [-0.1, -0.05) is 47.5 Å². The van der Waals surface area contributed by atoms with Crippen LogP contribution >= 0.6 is 11.3 Å². The van der Waals surface area contributed by atoms with Crippen LogP contribution in [0.5, 0.6) is 5.75 Å². The van der Waals surface area contributed by atoms with E-state index in [9.17, 15) is 4.79 Å². The van der Waals surface area contributed by atoms with E-state index in [2.05, 4.69) is 47.6 Å². The summed E-state index contributed by atoms with van der Waals surface area (Å²) >= 11 is 1.58. The molecule has 0 aliphatic rings. The van der Waals surface area contributed by atoms with Crippen LogP contribution in [0.15, 0.2) is 42.5 Å². The van der Waals surface area contributed by atoms with Crippen LogP contribution < -0.4 is 10.1 Å². The number of nitrogens with one attached hydrogen (secondary N) is 1. The Balaban J connectivity index is 1.77. The summed E-state index contributed by atoms with van der Waals surface area (Å²) in [5.74, 6) is 0.764. The van der Waals surface area contributed by atoms with Gasteiger partial charge in [-0.25, -0.2) is 4.98 Å². The van der Waals surface area contributed by atoms with Crippen molar-refractivity contribution < 1.29 is 9.53 Å². The molecular formula is C23H26N2O2S. The smallest absolute Gasteiger partial charge is 0.225 e. The highest BCUT2D eigenvalue weighted by Crippen LogP contribution is 2.30. The summed E-state index contributed by atoms with van der Waals surface area (Å²) in [6.07, 6.45) is 0.313. The highest BCUT2D eigenvalue weighted by Gasteiger charge is 2.18. The lowest BCUT2D eigenvalue weighted by Crippen LogP contribution is -2.28. The summed E-state index contributed by atoms with van der Waals surface area (Å²) in [7, 11) is 1.65. The van der Waals surface area contributed by atoms with Crippen LogP contribution in [0.3, 0.4) is 0 Å². The molecule has 2 aromatic carbocycles. The number of aromatic nitrogens is 1. The van der Waals surface area contributed by atoms with Gasteiger partial charge in [0.15, 0.2) is 0 Å². The van der Waals surface area contributed by atoms with Crippen molar-refractivity contribution >= 4 is 17.2 Å². The minimum Gasteiger partial charge on any atom is -0.496 e. The van der Waals surface area contributed by atoms with Gasteiger partial charge < -0.3 is 10.1 Å². The first-order valence-corrected chi connectivity index (χ1v) is 10.2. The summed E-state index contributed by atoms with van der Waals surface area (Å²) in [5, 5.41) is 4.07. The molecular weight excluding hydrogens is 368 g/mol. The molecule has 146 valence electrons. The minimum absolute atomic E-state index is 0.0203. The average Bonchev–Trinajstić information content (AvgIpc) is 3.02. The average molecular weight is 395 g/mol. The van der Waals surface area contributed by atoms with E-state index in [1.165, 1.54) is 5.56 Å². The summed E-state index contributed by atoms with van der Waals surface area (Å²) in [5.41, 5.74) is 5.27. The first-order chi connectivity index (χ1) is 13.4. The molecule has 3 rings (SSSR count). The molecule has 1 unspecified atom stereocenters. The van der Waals surface area contributed by atoms with Gasteiger partial charge in [-0.15, -0.1) is 11.3 Å². The van der Waals surface area contributed by atoms with Crippen LogP contribution in [0, 0.1) is 20.8 Å². The van der Waals surface area contributed by atoms with Crippen LogP contribution in [0.25, 0.3) is 11.3 Å². The molecule has 0 aliphatic carbocycles. The number of nitrogens with zero attached hydrogens (tertiary/aromatic N) is 1. The third-order valence-corrected chi connectivity index (χ3v) is 5.65. The summed E-state index contributed by atoms with van der Waals surface area (Å²) in [6, 6.07) is 14.1. The van der Waals surface area contributed by atoms with Crippen molar-refractivity contribution in [3.8, 4) is 17.0 Å². The third-order valence-electron chi connectivity index (χ3n) is 4.68. The van der Waals surface area contributed by atoms with E-state index in [0.29, 0.717) is 6.42 Å². The molecule has 4 nitrogen and oxygen atoms in total. The molecule has 0 saturated heterocycles. The maximum Gasteiger partial charge on any atom is 0.225 e. The zero-order chi connectivity index (χ0) is 20.3. The van der Waals surface area contributed by atoms with E-state index in [1.807, 2.05) is 32.9 Å². The zero-order valence-electron chi connectivity index (χ0n) is 17.0. The van der Waals surface area contributed by atoms with Gasteiger partial charge >= 0.3 is 0 Å². The van der Waals surface area contributed by atoms with Crippen LogP contribution in [0.4, 0.5) is 0 Å². The molecule has 5 heteroatoms. The van der Waals surface area contributed by atoms with Gasteiger partial charge in [0.05, 0.1) is 30.3 Å². The van der Waals surface area contributed by atoms with Gasteiger partial charge in [0, 0.05) is 16.0 Å². The number of methoxy groups -OCH3 is 1. The Morgan fingerprint density at radius 2 is 1.79 bits per heavy atom. The molecule has 0 fully saturated rings. The van der Waals surface area contributed by atoms with Gasteiger partial charge in [-0.3, -0.25) is 4.79 Å². The molecule has 28 heavy (non-hydrogen) atoms. The second-order valence-electron chi connectivity index (χ2n) is 7.08. The van der Waals surface area contributed by atoms with Gasteiger partial charge in [0.2, 0.25) is 5.91 Å². The number of thiazole rings is 1. The van der Waals surface area contributed by atoms with Crippen molar-refractivity contribution in [2.24, 2.45) is 0 Å². The molecule has 1 atom stereocenters. The number of hydrogen-bond acceptors (Lipinski definition) is 4. The number of hydrogen-bond donors (Lipinski definition) is 1. The Morgan fingerprint density at radius 3 is 2.46 bits per heavy atom. The van der Waals surface area contributed by atoms with Crippen molar-refractivity contribution in [3.63, 3.8) is 0 Å². The predicted octanol–water partition coefficient (Wildman–Crippen LogP) is 5.16. The van der Waals surface area contributed by atoms with Gasteiger partial charge in [-0.05, 0) is 33.8 Å². The van der Waals surface area contributed by atoms with Crippen molar-refractivity contribution in [1.29, 1.82) is 0 Å². The molecule has 1 aromatic heterocycles. The van der Waals surface area contributed by atoms with Crippen molar-refractivity contribution in [1.82, 2.24) is 10.3 Å². The second kappa shape index (κ2) is 8.57. The predicted molar refractivity (Wildman–Crippen MR) is 115 cm³/mol. The quantitative estimate of drug-likeness (QED) is 0.628. The molecule has 0 aliphatic heterocycles. The van der Waals surface area contributed by atoms with Gasteiger partial charge in [0.25, 0.3) is 0 Å². The molecule has 0 radical (unpaired) electrons. The Bertz CT molecular complexity index is 977. The number of amides is 1. The Morgan fingerprint density at radius 1 is 1.11 bits per heavy atom. The maximum atomic E-state index is 12.8. The van der Waals surface area contributed by atoms with E-state index in [1.54, 1.807) is 18.4 Å². The number of ether oxygens (including phenoxy) is 1. The third kappa shape index (κ3) is 4.60. The lowest BCUT2D eigenvalue weighted by Gasteiger charge is -2.18. The molecule has 0 spiro atoms. The standard InChI is InChI=1S/C23H26N2O2S/c1-14-6-9-18(10-7-14)23-21(28-17(4)25-23)13-22(26)24-16(3)19-12-15(2)8-11-20(19)27-5/h6-12,16H,13H2,1-5H3,(H,24,26). The zero-order valence-corrected chi connectivity index (χ0v) is 17.8. The molecule has 1 amide bonds. The van der Waals surface area contributed by atoms with E-state index >= 15 is 0 Å². The van der Waals surface area contributed by atoms with E-state index in [0.717, 1.165) is 38.0 Å². The second-order valence-corrected chi connectivity index (χ2v) is 8.37. The molecule has 3 aromatic rings. The number of carbonyl (C=O) groups excluding carboxylic acids is 1. The number of aryl methyl sites for hydroxylation is 3. The highest BCUT2D eigenvalue weighted by atomic mass is 32.1. The lowest BCUT2D eigenvalue weighted by molar-refractivity contribution is -0.121. The fraction of sp³-hybridized carbons (Fsp3) is 0.304. The summed E-state index contributed by atoms with van der Waals surface area (Å²) in [6.45, 7) is 8.05. The monoisotopic (exact) mass is 394 g/mol. The van der Waals surface area contributed by atoms with Crippen LogP contribution in [0.2, 0.25) is 0 Å². The highest BCUT2D eigenvalue weighted by molar-refractivity contribution is 7.12. The normalized spacial score (nSPS) is 11.9. The fourth-order valence-electron chi connectivity index (χ4n) is 3.23. The first kappa shape index (κ1) is 20.1. The number of carbonyl (C=O) groups is 1. The van der Waals surface area contributed by atoms with Crippen molar-refractivity contribution in [2.75, 3.05) is 7.11 Å².